The van der Waals surface area contributed by atoms with Crippen molar-refractivity contribution in [3.8, 4) is 11.6 Å². The highest BCUT2D eigenvalue weighted by molar-refractivity contribution is 6.17. The Morgan fingerprint density at radius 2 is 2.12 bits per heavy atom. The zero-order chi connectivity index (χ0) is 13.1. The second kappa shape index (κ2) is 5.42. The highest BCUT2D eigenvalue weighted by Crippen LogP contribution is 2.32. The van der Waals surface area contributed by atoms with E-state index >= 15 is 0 Å². The lowest BCUT2D eigenvalue weighted by Gasteiger charge is -2.15. The average molecular weight is 272 g/mol. The number of aliphatic hydroxyl groups is 1. The third-order valence-electron chi connectivity index (χ3n) is 1.82. The minimum atomic E-state index is -4.87. The minimum Gasteiger partial charge on any atom is -0.481 e. The Labute approximate surface area is 99.9 Å². The summed E-state index contributed by atoms with van der Waals surface area (Å²) in [7, 11) is 1.30. The second-order valence-corrected chi connectivity index (χ2v) is 3.21. The van der Waals surface area contributed by atoms with Crippen LogP contribution in [0.3, 0.4) is 0 Å². The summed E-state index contributed by atoms with van der Waals surface area (Å²) < 4.78 is 45.0. The molecule has 0 fully saturated rings. The lowest BCUT2D eigenvalue weighted by atomic mass is 10.2. The smallest absolute Gasteiger partial charge is 0.481 e. The molecule has 4 nitrogen and oxygen atoms in total. The quantitative estimate of drug-likeness (QED) is 0.853. The molecule has 8 heteroatoms. The molecule has 0 spiro atoms. The van der Waals surface area contributed by atoms with Gasteiger partial charge in [0.15, 0.2) is 5.75 Å². The normalized spacial score (nSPS) is 11.4. The van der Waals surface area contributed by atoms with E-state index in [1.54, 1.807) is 0 Å². The van der Waals surface area contributed by atoms with E-state index in [1.165, 1.54) is 7.11 Å². The monoisotopic (exact) mass is 271 g/mol. The van der Waals surface area contributed by atoms with Gasteiger partial charge >= 0.3 is 6.36 Å². The second-order valence-electron chi connectivity index (χ2n) is 2.94. The minimum absolute atomic E-state index is 0.0548. The summed E-state index contributed by atoms with van der Waals surface area (Å²) in [6.45, 7) is -0.645. The number of aromatic nitrogens is 1. The molecule has 0 aromatic carbocycles. The van der Waals surface area contributed by atoms with E-state index in [4.69, 9.17) is 21.4 Å². The third kappa shape index (κ3) is 3.64. The van der Waals surface area contributed by atoms with Crippen LogP contribution in [0.4, 0.5) is 13.2 Å². The fourth-order valence-corrected chi connectivity index (χ4v) is 1.35. The van der Waals surface area contributed by atoms with Crippen molar-refractivity contribution in [3.05, 3.63) is 17.3 Å². The molecule has 0 aliphatic rings. The zero-order valence-corrected chi connectivity index (χ0v) is 9.47. The molecule has 0 unspecified atom stereocenters. The Bertz CT molecular complexity index is 373. The van der Waals surface area contributed by atoms with Gasteiger partial charge in [-0.3, -0.25) is 0 Å². The van der Waals surface area contributed by atoms with Gasteiger partial charge in [0.05, 0.1) is 19.6 Å². The SMILES string of the molecule is COc1cc(CO)c(OC(F)(F)F)c(CCl)n1. The maximum Gasteiger partial charge on any atom is 0.573 e. The first-order chi connectivity index (χ1) is 7.91. The van der Waals surface area contributed by atoms with Crippen LogP contribution in [-0.4, -0.2) is 23.6 Å². The lowest BCUT2D eigenvalue weighted by Crippen LogP contribution is -2.19. The number of hydrogen-bond donors (Lipinski definition) is 1. The molecule has 0 aliphatic heterocycles. The number of alkyl halides is 4. The number of halogens is 4. The van der Waals surface area contributed by atoms with Crippen molar-refractivity contribution in [2.75, 3.05) is 7.11 Å². The molecule has 0 aliphatic carbocycles. The van der Waals surface area contributed by atoms with Crippen molar-refractivity contribution >= 4 is 11.6 Å². The van der Waals surface area contributed by atoms with Crippen molar-refractivity contribution < 1.29 is 27.8 Å². The molecule has 1 aromatic heterocycles. The van der Waals surface area contributed by atoms with Gasteiger partial charge in [-0.2, -0.15) is 0 Å². The first-order valence-electron chi connectivity index (χ1n) is 4.40. The van der Waals surface area contributed by atoms with Gasteiger partial charge in [-0.25, -0.2) is 4.98 Å². The molecular formula is C9H9ClF3NO3. The van der Waals surface area contributed by atoms with Crippen LogP contribution in [0, 0.1) is 0 Å². The summed E-state index contributed by atoms with van der Waals surface area (Å²) in [6.07, 6.45) is -4.87. The summed E-state index contributed by atoms with van der Waals surface area (Å²) in [5.41, 5.74) is -0.239. The topological polar surface area (TPSA) is 51.6 Å². The van der Waals surface area contributed by atoms with E-state index < -0.39 is 18.7 Å². The van der Waals surface area contributed by atoms with Gasteiger partial charge < -0.3 is 14.6 Å². The van der Waals surface area contributed by atoms with Crippen LogP contribution in [-0.2, 0) is 12.5 Å². The van der Waals surface area contributed by atoms with E-state index in [-0.39, 0.29) is 23.0 Å². The van der Waals surface area contributed by atoms with Gasteiger partial charge in [0.1, 0.15) is 5.69 Å². The molecule has 0 saturated heterocycles. The number of ether oxygens (including phenoxy) is 2. The van der Waals surface area contributed by atoms with E-state index in [2.05, 4.69) is 9.72 Å². The maximum atomic E-state index is 12.2. The van der Waals surface area contributed by atoms with Gasteiger partial charge in [0.2, 0.25) is 5.88 Å². The Hall–Kier alpha value is -1.21. The Kier molecular flexibility index (Phi) is 4.41. The maximum absolute atomic E-state index is 12.2. The van der Waals surface area contributed by atoms with Crippen LogP contribution in [0.5, 0.6) is 11.6 Å². The van der Waals surface area contributed by atoms with Crippen LogP contribution in [0.15, 0.2) is 6.07 Å². The summed E-state index contributed by atoms with van der Waals surface area (Å²) in [6, 6.07) is 1.15. The van der Waals surface area contributed by atoms with E-state index in [0.717, 1.165) is 6.07 Å². The molecule has 1 N–H and O–H groups in total. The molecule has 0 amide bonds. The summed E-state index contributed by atoms with van der Waals surface area (Å²) in [5.74, 6) is -0.828. The highest BCUT2D eigenvalue weighted by Gasteiger charge is 2.33. The van der Waals surface area contributed by atoms with Crippen LogP contribution in [0.1, 0.15) is 11.3 Å². The van der Waals surface area contributed by atoms with Crippen molar-refractivity contribution in [2.45, 2.75) is 18.8 Å². The Balaban J connectivity index is 3.24. The van der Waals surface area contributed by atoms with Gasteiger partial charge in [0.25, 0.3) is 0 Å². The number of nitrogens with zero attached hydrogens (tertiary/aromatic N) is 1. The van der Waals surface area contributed by atoms with Crippen molar-refractivity contribution in [2.24, 2.45) is 0 Å². The fourth-order valence-electron chi connectivity index (χ4n) is 1.17. The molecule has 1 heterocycles. The standard InChI is InChI=1S/C9H9ClF3NO3/c1-16-7-2-5(4-15)8(6(3-10)14-7)17-9(11,12)13/h2,15H,3-4H2,1H3. The molecule has 96 valence electrons. The number of methoxy groups -OCH3 is 1. The molecule has 0 bridgehead atoms. The lowest BCUT2D eigenvalue weighted by molar-refractivity contribution is -0.275. The van der Waals surface area contributed by atoms with E-state index in [1.807, 2.05) is 0 Å². The number of pyridine rings is 1. The third-order valence-corrected chi connectivity index (χ3v) is 2.07. The number of aliphatic hydroxyl groups excluding tert-OH is 1. The summed E-state index contributed by atoms with van der Waals surface area (Å²) in [4.78, 5) is 3.71. The molecule has 1 rings (SSSR count). The van der Waals surface area contributed by atoms with Crippen molar-refractivity contribution in [3.63, 3.8) is 0 Å². The fraction of sp³-hybridized carbons (Fsp3) is 0.444. The predicted molar refractivity (Wildman–Crippen MR) is 53.0 cm³/mol. The number of hydrogen-bond acceptors (Lipinski definition) is 4. The van der Waals surface area contributed by atoms with Crippen molar-refractivity contribution in [1.82, 2.24) is 4.98 Å². The van der Waals surface area contributed by atoms with Crippen molar-refractivity contribution in [1.29, 1.82) is 0 Å². The van der Waals surface area contributed by atoms with Gasteiger partial charge in [-0.15, -0.1) is 24.8 Å². The molecule has 0 atom stereocenters. The van der Waals surface area contributed by atoms with Crippen LogP contribution >= 0.6 is 11.6 Å². The zero-order valence-electron chi connectivity index (χ0n) is 8.71. The molecular weight excluding hydrogens is 263 g/mol. The van der Waals surface area contributed by atoms with Crippen LogP contribution < -0.4 is 9.47 Å². The molecule has 0 radical (unpaired) electrons. The molecule has 1 aromatic rings. The summed E-state index contributed by atoms with van der Waals surface area (Å²) >= 11 is 5.47. The van der Waals surface area contributed by atoms with Gasteiger partial charge in [0, 0.05) is 11.6 Å². The predicted octanol–water partition coefficient (Wildman–Crippen LogP) is 2.22. The highest BCUT2D eigenvalue weighted by atomic mass is 35.5. The number of rotatable bonds is 4. The van der Waals surface area contributed by atoms with E-state index in [0.29, 0.717) is 0 Å². The van der Waals surface area contributed by atoms with Crippen LogP contribution in [0.2, 0.25) is 0 Å². The first-order valence-corrected chi connectivity index (χ1v) is 4.94. The Morgan fingerprint density at radius 3 is 2.53 bits per heavy atom. The molecule has 0 saturated carbocycles. The van der Waals surface area contributed by atoms with Gasteiger partial charge in [-0.05, 0) is 0 Å². The summed E-state index contributed by atoms with van der Waals surface area (Å²) in [5, 5.41) is 8.98. The first kappa shape index (κ1) is 13.9. The average Bonchev–Trinajstić information content (AvgIpc) is 2.27. The van der Waals surface area contributed by atoms with E-state index in [9.17, 15) is 13.2 Å². The molecule has 17 heavy (non-hydrogen) atoms. The Morgan fingerprint density at radius 1 is 1.47 bits per heavy atom. The van der Waals surface area contributed by atoms with Crippen LogP contribution in [0.25, 0.3) is 0 Å². The van der Waals surface area contributed by atoms with Gasteiger partial charge in [-0.1, -0.05) is 0 Å². The largest absolute Gasteiger partial charge is 0.573 e.